The summed E-state index contributed by atoms with van der Waals surface area (Å²) in [5.41, 5.74) is 2.08. The molecule has 2 aromatic carbocycles. The zero-order chi connectivity index (χ0) is 16.8. The highest BCUT2D eigenvalue weighted by Gasteiger charge is 2.12. The van der Waals surface area contributed by atoms with Crippen LogP contribution in [0.1, 0.15) is 15.9 Å². The lowest BCUT2D eigenvalue weighted by atomic mass is 10.2. The van der Waals surface area contributed by atoms with Crippen LogP contribution in [-0.2, 0) is 6.61 Å². The summed E-state index contributed by atoms with van der Waals surface area (Å²) in [5, 5.41) is 3.48. The fourth-order valence-corrected chi connectivity index (χ4v) is 2.28. The molecule has 0 saturated carbocycles. The third-order valence-corrected chi connectivity index (χ3v) is 3.61. The summed E-state index contributed by atoms with van der Waals surface area (Å²) in [7, 11) is 0. The number of nitrogens with zero attached hydrogens (tertiary/aromatic N) is 1. The van der Waals surface area contributed by atoms with E-state index < -0.39 is 0 Å². The normalized spacial score (nSPS) is 10.2. The Morgan fingerprint density at radius 1 is 1.04 bits per heavy atom. The molecule has 3 aromatic rings. The molecule has 0 radical (unpaired) electrons. The molecule has 5 heteroatoms. The molecule has 0 fully saturated rings. The zero-order valence-electron chi connectivity index (χ0n) is 12.8. The largest absolute Gasteiger partial charge is 0.488 e. The summed E-state index contributed by atoms with van der Waals surface area (Å²) in [4.78, 5) is 16.4. The van der Waals surface area contributed by atoms with Crippen LogP contribution >= 0.6 is 11.6 Å². The molecule has 1 aromatic heterocycles. The van der Waals surface area contributed by atoms with E-state index in [4.69, 9.17) is 16.3 Å². The predicted molar refractivity (Wildman–Crippen MR) is 94.4 cm³/mol. The van der Waals surface area contributed by atoms with Crippen molar-refractivity contribution in [3.63, 3.8) is 0 Å². The maximum atomic E-state index is 12.5. The number of halogens is 1. The van der Waals surface area contributed by atoms with Gasteiger partial charge in [-0.05, 0) is 42.0 Å². The molecule has 0 bridgehead atoms. The summed E-state index contributed by atoms with van der Waals surface area (Å²) in [6, 6.07) is 18.1. The molecular formula is C19H15ClN2O2. The van der Waals surface area contributed by atoms with E-state index in [1.54, 1.807) is 54.9 Å². The summed E-state index contributed by atoms with van der Waals surface area (Å²) >= 11 is 5.87. The number of nitrogens with one attached hydrogen (secondary N) is 1. The third-order valence-electron chi connectivity index (χ3n) is 3.36. The highest BCUT2D eigenvalue weighted by atomic mass is 35.5. The average molecular weight is 339 g/mol. The number of carbonyl (C=O) groups excluding carboxylic acids is 1. The Morgan fingerprint density at radius 2 is 1.83 bits per heavy atom. The number of anilines is 1. The Balaban J connectivity index is 1.72. The van der Waals surface area contributed by atoms with Gasteiger partial charge in [-0.2, -0.15) is 0 Å². The fraction of sp³-hybridized carbons (Fsp3) is 0.0526. The minimum absolute atomic E-state index is 0.241. The Labute approximate surface area is 145 Å². The maximum Gasteiger partial charge on any atom is 0.259 e. The van der Waals surface area contributed by atoms with Crippen molar-refractivity contribution in [3.05, 3.63) is 89.2 Å². The summed E-state index contributed by atoms with van der Waals surface area (Å²) < 4.78 is 5.80. The Bertz CT molecular complexity index is 820. The lowest BCUT2D eigenvalue weighted by molar-refractivity contribution is 0.102. The highest BCUT2D eigenvalue weighted by molar-refractivity contribution is 6.30. The van der Waals surface area contributed by atoms with E-state index in [0.29, 0.717) is 28.6 Å². The van der Waals surface area contributed by atoms with E-state index in [1.807, 2.05) is 18.2 Å². The molecule has 24 heavy (non-hydrogen) atoms. The van der Waals surface area contributed by atoms with Crippen LogP contribution in [0.15, 0.2) is 73.1 Å². The minimum Gasteiger partial charge on any atom is -0.488 e. The van der Waals surface area contributed by atoms with Crippen molar-refractivity contribution in [1.29, 1.82) is 0 Å². The standard InChI is InChI=1S/C19H15ClN2O2/c20-15-9-7-14(8-10-15)13-24-18-6-2-1-5-17(18)19(23)22-16-4-3-11-21-12-16/h1-12H,13H2,(H,22,23). The van der Waals surface area contributed by atoms with E-state index in [1.165, 1.54) is 0 Å². The van der Waals surface area contributed by atoms with E-state index in [2.05, 4.69) is 10.3 Å². The maximum absolute atomic E-state index is 12.5. The number of rotatable bonds is 5. The molecular weight excluding hydrogens is 324 g/mol. The predicted octanol–water partition coefficient (Wildman–Crippen LogP) is 4.57. The van der Waals surface area contributed by atoms with Gasteiger partial charge >= 0.3 is 0 Å². The average Bonchev–Trinajstić information content (AvgIpc) is 2.62. The Hall–Kier alpha value is -2.85. The molecule has 1 heterocycles. The number of benzene rings is 2. The molecule has 0 aliphatic carbocycles. The number of pyridine rings is 1. The molecule has 0 unspecified atom stereocenters. The first-order chi connectivity index (χ1) is 11.7. The van der Waals surface area contributed by atoms with Crippen LogP contribution in [0.25, 0.3) is 0 Å². The fourth-order valence-electron chi connectivity index (χ4n) is 2.16. The van der Waals surface area contributed by atoms with E-state index in [9.17, 15) is 4.79 Å². The van der Waals surface area contributed by atoms with Gasteiger partial charge in [-0.1, -0.05) is 35.9 Å². The van der Waals surface area contributed by atoms with E-state index in [-0.39, 0.29) is 5.91 Å². The van der Waals surface area contributed by atoms with Gasteiger partial charge in [0.25, 0.3) is 5.91 Å². The van der Waals surface area contributed by atoms with Crippen LogP contribution in [0.4, 0.5) is 5.69 Å². The SMILES string of the molecule is O=C(Nc1cccnc1)c1ccccc1OCc1ccc(Cl)cc1. The van der Waals surface area contributed by atoms with Crippen molar-refractivity contribution in [2.75, 3.05) is 5.32 Å². The topological polar surface area (TPSA) is 51.2 Å². The van der Waals surface area contributed by atoms with Gasteiger partial charge in [0, 0.05) is 11.2 Å². The quantitative estimate of drug-likeness (QED) is 0.741. The lowest BCUT2D eigenvalue weighted by Crippen LogP contribution is -2.13. The minimum atomic E-state index is -0.241. The monoisotopic (exact) mass is 338 g/mol. The van der Waals surface area contributed by atoms with Gasteiger partial charge in [0.1, 0.15) is 12.4 Å². The molecule has 1 amide bonds. The molecule has 4 nitrogen and oxygen atoms in total. The number of carbonyl (C=O) groups is 1. The second-order valence-electron chi connectivity index (χ2n) is 5.11. The van der Waals surface area contributed by atoms with Crippen molar-refractivity contribution in [2.24, 2.45) is 0 Å². The zero-order valence-corrected chi connectivity index (χ0v) is 13.5. The summed E-state index contributed by atoms with van der Waals surface area (Å²) in [6.45, 7) is 0.356. The summed E-state index contributed by atoms with van der Waals surface area (Å²) in [6.07, 6.45) is 3.24. The van der Waals surface area contributed by atoms with Crippen LogP contribution in [-0.4, -0.2) is 10.9 Å². The number of hydrogen-bond donors (Lipinski definition) is 1. The lowest BCUT2D eigenvalue weighted by Gasteiger charge is -2.11. The smallest absolute Gasteiger partial charge is 0.259 e. The number of aromatic nitrogens is 1. The second-order valence-corrected chi connectivity index (χ2v) is 5.54. The molecule has 1 N–H and O–H groups in total. The van der Waals surface area contributed by atoms with Crippen molar-refractivity contribution in [2.45, 2.75) is 6.61 Å². The molecule has 0 spiro atoms. The van der Waals surface area contributed by atoms with E-state index in [0.717, 1.165) is 5.56 Å². The van der Waals surface area contributed by atoms with Crippen LogP contribution in [0, 0.1) is 0 Å². The number of ether oxygens (including phenoxy) is 1. The number of hydrogen-bond acceptors (Lipinski definition) is 3. The van der Waals surface area contributed by atoms with Crippen LogP contribution in [0.5, 0.6) is 5.75 Å². The van der Waals surface area contributed by atoms with E-state index >= 15 is 0 Å². The van der Waals surface area contributed by atoms with Crippen molar-refractivity contribution >= 4 is 23.2 Å². The molecule has 0 aliphatic rings. The van der Waals surface area contributed by atoms with Gasteiger partial charge in [0.05, 0.1) is 17.4 Å². The van der Waals surface area contributed by atoms with Crippen molar-refractivity contribution < 1.29 is 9.53 Å². The van der Waals surface area contributed by atoms with Gasteiger partial charge in [0.2, 0.25) is 0 Å². The summed E-state index contributed by atoms with van der Waals surface area (Å²) in [5.74, 6) is 0.281. The molecule has 0 atom stereocenters. The van der Waals surface area contributed by atoms with Gasteiger partial charge in [-0.3, -0.25) is 9.78 Å². The van der Waals surface area contributed by atoms with Gasteiger partial charge < -0.3 is 10.1 Å². The van der Waals surface area contributed by atoms with Gasteiger partial charge in [0.15, 0.2) is 0 Å². The molecule has 0 saturated heterocycles. The first-order valence-electron chi connectivity index (χ1n) is 7.40. The van der Waals surface area contributed by atoms with Crippen molar-refractivity contribution in [3.8, 4) is 5.75 Å². The van der Waals surface area contributed by atoms with Gasteiger partial charge in [-0.15, -0.1) is 0 Å². The van der Waals surface area contributed by atoms with Crippen LogP contribution in [0.2, 0.25) is 5.02 Å². The van der Waals surface area contributed by atoms with Crippen LogP contribution < -0.4 is 10.1 Å². The van der Waals surface area contributed by atoms with Crippen molar-refractivity contribution in [1.82, 2.24) is 4.98 Å². The first kappa shape index (κ1) is 16.0. The number of para-hydroxylation sites is 1. The molecule has 3 rings (SSSR count). The second kappa shape index (κ2) is 7.62. The van der Waals surface area contributed by atoms with Gasteiger partial charge in [-0.25, -0.2) is 0 Å². The number of amides is 1. The van der Waals surface area contributed by atoms with Crippen LogP contribution in [0.3, 0.4) is 0 Å². The molecule has 0 aliphatic heterocycles. The third kappa shape index (κ3) is 4.12. The first-order valence-corrected chi connectivity index (χ1v) is 7.78. The Kier molecular flexibility index (Phi) is 5.08. The highest BCUT2D eigenvalue weighted by Crippen LogP contribution is 2.21. The molecule has 120 valence electrons. The Morgan fingerprint density at radius 3 is 2.58 bits per heavy atom.